The molecule has 1 aromatic heterocycles. The van der Waals surface area contributed by atoms with Crippen molar-refractivity contribution in [3.8, 4) is 0 Å². The molecule has 1 fully saturated rings. The Bertz CT molecular complexity index is 388. The van der Waals surface area contributed by atoms with Gasteiger partial charge in [0, 0.05) is 25.2 Å². The normalized spacial score (nSPS) is 27.7. The first-order valence-corrected chi connectivity index (χ1v) is 8.07. The SMILES string of the molecule is CCC(C)C1CN(C(C)c2ccco2)C(C(C)C)CN1. The smallest absolute Gasteiger partial charge is 0.120 e. The summed E-state index contributed by atoms with van der Waals surface area (Å²) < 4.78 is 5.64. The molecule has 0 radical (unpaired) electrons. The van der Waals surface area contributed by atoms with Crippen molar-refractivity contribution in [1.82, 2.24) is 10.2 Å². The first-order chi connectivity index (χ1) is 9.54. The zero-order chi connectivity index (χ0) is 14.7. The van der Waals surface area contributed by atoms with Gasteiger partial charge in [-0.1, -0.05) is 34.1 Å². The van der Waals surface area contributed by atoms with E-state index in [9.17, 15) is 0 Å². The van der Waals surface area contributed by atoms with Crippen LogP contribution in [0.1, 0.15) is 52.8 Å². The third kappa shape index (κ3) is 3.26. The van der Waals surface area contributed by atoms with Gasteiger partial charge in [0.1, 0.15) is 5.76 Å². The van der Waals surface area contributed by atoms with E-state index in [2.05, 4.69) is 50.9 Å². The maximum Gasteiger partial charge on any atom is 0.120 e. The minimum Gasteiger partial charge on any atom is -0.468 e. The molecule has 3 heteroatoms. The lowest BCUT2D eigenvalue weighted by atomic mass is 9.90. The summed E-state index contributed by atoms with van der Waals surface area (Å²) in [7, 11) is 0. The summed E-state index contributed by atoms with van der Waals surface area (Å²) >= 11 is 0. The van der Waals surface area contributed by atoms with Crippen LogP contribution in [0.2, 0.25) is 0 Å². The lowest BCUT2D eigenvalue weighted by Gasteiger charge is -2.46. The van der Waals surface area contributed by atoms with Gasteiger partial charge in [0.15, 0.2) is 0 Å². The van der Waals surface area contributed by atoms with Crippen LogP contribution in [-0.2, 0) is 0 Å². The minimum atomic E-state index is 0.353. The maximum atomic E-state index is 5.64. The fourth-order valence-corrected chi connectivity index (χ4v) is 3.24. The Kier molecular flexibility index (Phi) is 5.28. The summed E-state index contributed by atoms with van der Waals surface area (Å²) in [5.41, 5.74) is 0. The molecule has 1 aliphatic rings. The van der Waals surface area contributed by atoms with Crippen molar-refractivity contribution in [3.63, 3.8) is 0 Å². The molecule has 20 heavy (non-hydrogen) atoms. The van der Waals surface area contributed by atoms with Gasteiger partial charge in [-0.25, -0.2) is 0 Å². The van der Waals surface area contributed by atoms with E-state index in [1.54, 1.807) is 6.26 Å². The first-order valence-electron chi connectivity index (χ1n) is 8.07. The molecular formula is C17H30N2O. The predicted molar refractivity (Wildman–Crippen MR) is 83.7 cm³/mol. The number of nitrogens with zero attached hydrogens (tertiary/aromatic N) is 1. The van der Waals surface area contributed by atoms with Crippen molar-refractivity contribution in [3.05, 3.63) is 24.2 Å². The molecule has 1 saturated heterocycles. The van der Waals surface area contributed by atoms with Crippen molar-refractivity contribution in [1.29, 1.82) is 0 Å². The van der Waals surface area contributed by atoms with Gasteiger partial charge in [-0.3, -0.25) is 4.90 Å². The summed E-state index contributed by atoms with van der Waals surface area (Å²) in [4.78, 5) is 2.64. The van der Waals surface area contributed by atoms with E-state index in [1.165, 1.54) is 6.42 Å². The lowest BCUT2D eigenvalue weighted by Crippen LogP contribution is -2.60. The average Bonchev–Trinajstić information content (AvgIpc) is 2.99. The molecule has 4 unspecified atom stereocenters. The minimum absolute atomic E-state index is 0.353. The van der Waals surface area contributed by atoms with E-state index < -0.39 is 0 Å². The first kappa shape index (κ1) is 15.6. The van der Waals surface area contributed by atoms with Crippen LogP contribution < -0.4 is 5.32 Å². The number of hydrogen-bond donors (Lipinski definition) is 1. The largest absolute Gasteiger partial charge is 0.468 e. The van der Waals surface area contributed by atoms with Crippen LogP contribution in [-0.4, -0.2) is 30.1 Å². The monoisotopic (exact) mass is 278 g/mol. The Balaban J connectivity index is 2.14. The lowest BCUT2D eigenvalue weighted by molar-refractivity contribution is 0.0411. The molecule has 1 aliphatic heterocycles. The summed E-state index contributed by atoms with van der Waals surface area (Å²) in [6.07, 6.45) is 3.01. The number of furan rings is 1. The molecule has 1 aromatic rings. The van der Waals surface area contributed by atoms with E-state index in [0.29, 0.717) is 24.0 Å². The average molecular weight is 278 g/mol. The van der Waals surface area contributed by atoms with Gasteiger partial charge < -0.3 is 9.73 Å². The molecule has 1 N–H and O–H groups in total. The van der Waals surface area contributed by atoms with Gasteiger partial charge in [0.05, 0.1) is 12.3 Å². The fraction of sp³-hybridized carbons (Fsp3) is 0.765. The van der Waals surface area contributed by atoms with Crippen molar-refractivity contribution in [2.45, 2.75) is 59.2 Å². The Morgan fingerprint density at radius 3 is 2.65 bits per heavy atom. The van der Waals surface area contributed by atoms with E-state index in [0.717, 1.165) is 24.8 Å². The van der Waals surface area contributed by atoms with Crippen LogP contribution in [0.4, 0.5) is 0 Å². The highest BCUT2D eigenvalue weighted by Crippen LogP contribution is 2.29. The summed E-state index contributed by atoms with van der Waals surface area (Å²) in [5, 5.41) is 3.76. The Labute approximate surface area is 123 Å². The molecule has 2 heterocycles. The standard InChI is InChI=1S/C17H30N2O/c1-6-13(4)15-11-19(16(10-18-15)12(2)3)14(5)17-8-7-9-20-17/h7-9,12-16,18H,6,10-11H2,1-5H3. The second-order valence-corrected chi connectivity index (χ2v) is 6.60. The second kappa shape index (κ2) is 6.77. The third-order valence-corrected chi connectivity index (χ3v) is 4.98. The van der Waals surface area contributed by atoms with Crippen LogP contribution in [0.5, 0.6) is 0 Å². The van der Waals surface area contributed by atoms with Gasteiger partial charge >= 0.3 is 0 Å². The highest BCUT2D eigenvalue weighted by Gasteiger charge is 2.35. The summed E-state index contributed by atoms with van der Waals surface area (Å²) in [5.74, 6) is 2.45. The molecule has 0 saturated carbocycles. The van der Waals surface area contributed by atoms with Crippen LogP contribution >= 0.6 is 0 Å². The third-order valence-electron chi connectivity index (χ3n) is 4.98. The van der Waals surface area contributed by atoms with Crippen molar-refractivity contribution in [2.75, 3.05) is 13.1 Å². The molecule has 0 aromatic carbocycles. The van der Waals surface area contributed by atoms with Crippen LogP contribution in [0, 0.1) is 11.8 Å². The molecule has 0 bridgehead atoms. The van der Waals surface area contributed by atoms with Gasteiger partial charge in [0.2, 0.25) is 0 Å². The number of hydrogen-bond acceptors (Lipinski definition) is 3. The van der Waals surface area contributed by atoms with E-state index in [-0.39, 0.29) is 0 Å². The van der Waals surface area contributed by atoms with Gasteiger partial charge in [-0.2, -0.15) is 0 Å². The highest BCUT2D eigenvalue weighted by atomic mass is 16.3. The summed E-state index contributed by atoms with van der Waals surface area (Å²) in [6.45, 7) is 13.7. The van der Waals surface area contributed by atoms with Gasteiger partial charge in [-0.15, -0.1) is 0 Å². The summed E-state index contributed by atoms with van der Waals surface area (Å²) in [6, 6.07) is 5.61. The Hall–Kier alpha value is -0.800. The van der Waals surface area contributed by atoms with Gasteiger partial charge in [-0.05, 0) is 30.9 Å². The molecular weight excluding hydrogens is 248 g/mol. The second-order valence-electron chi connectivity index (χ2n) is 6.60. The molecule has 114 valence electrons. The molecule has 0 amide bonds. The Morgan fingerprint density at radius 2 is 2.10 bits per heavy atom. The maximum absolute atomic E-state index is 5.64. The number of nitrogens with one attached hydrogen (secondary N) is 1. The highest BCUT2D eigenvalue weighted by molar-refractivity contribution is 5.06. The Morgan fingerprint density at radius 1 is 1.35 bits per heavy atom. The molecule has 3 nitrogen and oxygen atoms in total. The number of piperazine rings is 1. The molecule has 2 rings (SSSR count). The van der Waals surface area contributed by atoms with E-state index in [1.807, 2.05) is 6.07 Å². The number of rotatable bonds is 5. The topological polar surface area (TPSA) is 28.4 Å². The van der Waals surface area contributed by atoms with Crippen LogP contribution in [0.25, 0.3) is 0 Å². The zero-order valence-corrected chi connectivity index (χ0v) is 13.6. The molecule has 0 aliphatic carbocycles. The van der Waals surface area contributed by atoms with Crippen LogP contribution in [0.15, 0.2) is 22.8 Å². The van der Waals surface area contributed by atoms with Gasteiger partial charge in [0.25, 0.3) is 0 Å². The van der Waals surface area contributed by atoms with E-state index in [4.69, 9.17) is 4.42 Å². The predicted octanol–water partition coefficient (Wildman–Crippen LogP) is 3.69. The van der Waals surface area contributed by atoms with Crippen molar-refractivity contribution >= 4 is 0 Å². The van der Waals surface area contributed by atoms with Crippen LogP contribution in [0.3, 0.4) is 0 Å². The van der Waals surface area contributed by atoms with E-state index >= 15 is 0 Å². The fourth-order valence-electron chi connectivity index (χ4n) is 3.24. The zero-order valence-electron chi connectivity index (χ0n) is 13.6. The van der Waals surface area contributed by atoms with Crippen molar-refractivity contribution < 1.29 is 4.42 Å². The molecule has 4 atom stereocenters. The van der Waals surface area contributed by atoms with Crippen molar-refractivity contribution in [2.24, 2.45) is 11.8 Å². The quantitative estimate of drug-likeness (QED) is 0.890. The molecule has 0 spiro atoms.